The van der Waals surface area contributed by atoms with E-state index in [1.807, 2.05) is 12.1 Å². The van der Waals surface area contributed by atoms with E-state index in [0.29, 0.717) is 12.5 Å². The van der Waals surface area contributed by atoms with Crippen molar-refractivity contribution in [3.05, 3.63) is 35.2 Å². The molecule has 1 aliphatic heterocycles. The first-order chi connectivity index (χ1) is 7.88. The van der Waals surface area contributed by atoms with E-state index in [2.05, 4.69) is 17.5 Å². The molecule has 2 atom stereocenters. The lowest BCUT2D eigenvalue weighted by atomic mass is 10.2. The van der Waals surface area contributed by atoms with Gasteiger partial charge in [-0.15, -0.1) is 22.9 Å². The zero-order valence-corrected chi connectivity index (χ0v) is 10.1. The van der Waals surface area contributed by atoms with Crippen LogP contribution in [0.2, 0.25) is 0 Å². The molecule has 2 aromatic rings. The maximum atomic E-state index is 5.75. The van der Waals surface area contributed by atoms with Crippen molar-refractivity contribution in [1.29, 1.82) is 0 Å². The fraction of sp³-hybridized carbons (Fsp3) is 0.333. The summed E-state index contributed by atoms with van der Waals surface area (Å²) in [5, 5.41) is 3.32. The highest BCUT2D eigenvalue weighted by Crippen LogP contribution is 2.35. The minimum Gasteiger partial charge on any atom is -0.346 e. The van der Waals surface area contributed by atoms with Crippen molar-refractivity contribution < 1.29 is 9.47 Å². The highest BCUT2D eigenvalue weighted by atomic mass is 35.5. The molecule has 2 heterocycles. The van der Waals surface area contributed by atoms with Crippen molar-refractivity contribution in [3.8, 4) is 0 Å². The lowest BCUT2D eigenvalue weighted by Gasteiger charge is -2.09. The van der Waals surface area contributed by atoms with Crippen LogP contribution in [0.3, 0.4) is 0 Å². The summed E-state index contributed by atoms with van der Waals surface area (Å²) in [7, 11) is 0. The first-order valence-electron chi connectivity index (χ1n) is 5.17. The zero-order valence-electron chi connectivity index (χ0n) is 8.56. The highest BCUT2D eigenvalue weighted by Gasteiger charge is 2.28. The molecule has 0 amide bonds. The summed E-state index contributed by atoms with van der Waals surface area (Å²) in [5.41, 5.74) is 1.12. The topological polar surface area (TPSA) is 18.5 Å². The first-order valence-corrected chi connectivity index (χ1v) is 6.59. The molecule has 0 bridgehead atoms. The molecule has 0 saturated carbocycles. The van der Waals surface area contributed by atoms with Crippen LogP contribution in [-0.4, -0.2) is 18.6 Å². The van der Waals surface area contributed by atoms with E-state index in [1.165, 1.54) is 10.1 Å². The maximum absolute atomic E-state index is 5.75. The molecule has 0 N–H and O–H groups in total. The number of thiophene rings is 1. The molecular weight excluding hydrogens is 244 g/mol. The molecule has 0 aliphatic carbocycles. The van der Waals surface area contributed by atoms with Gasteiger partial charge >= 0.3 is 0 Å². The second-order valence-corrected chi connectivity index (χ2v) is 4.98. The smallest absolute Gasteiger partial charge is 0.185 e. The molecule has 1 fully saturated rings. The predicted molar refractivity (Wildman–Crippen MR) is 66.1 cm³/mol. The van der Waals surface area contributed by atoms with Crippen molar-refractivity contribution in [2.75, 3.05) is 12.5 Å². The van der Waals surface area contributed by atoms with Gasteiger partial charge in [0, 0.05) is 21.0 Å². The molecule has 16 heavy (non-hydrogen) atoms. The predicted octanol–water partition coefficient (Wildman–Crippen LogP) is 3.55. The van der Waals surface area contributed by atoms with Crippen molar-refractivity contribution in [3.63, 3.8) is 0 Å². The van der Waals surface area contributed by atoms with Crippen molar-refractivity contribution in [2.45, 2.75) is 12.4 Å². The Kier molecular flexibility index (Phi) is 2.86. The van der Waals surface area contributed by atoms with Crippen molar-refractivity contribution in [2.24, 2.45) is 0 Å². The molecule has 84 valence electrons. The van der Waals surface area contributed by atoms with E-state index >= 15 is 0 Å². The van der Waals surface area contributed by atoms with Crippen molar-refractivity contribution >= 4 is 33.0 Å². The molecule has 4 heteroatoms. The summed E-state index contributed by atoms with van der Waals surface area (Å²) in [6, 6.07) is 8.28. The van der Waals surface area contributed by atoms with E-state index in [1.54, 1.807) is 11.3 Å². The average molecular weight is 255 g/mol. The first kappa shape index (κ1) is 10.5. The van der Waals surface area contributed by atoms with Crippen LogP contribution >= 0.6 is 22.9 Å². The van der Waals surface area contributed by atoms with Gasteiger partial charge in [0.1, 0.15) is 0 Å². The Hall–Kier alpha value is -0.610. The second kappa shape index (κ2) is 4.34. The Morgan fingerprint density at radius 2 is 2.25 bits per heavy atom. The third kappa shape index (κ3) is 1.74. The summed E-state index contributed by atoms with van der Waals surface area (Å²) in [5.74, 6) is 0.485. The number of ether oxygens (including phenoxy) is 2. The summed E-state index contributed by atoms with van der Waals surface area (Å²) in [6.45, 7) is 0.582. The third-order valence-corrected chi connectivity index (χ3v) is 4.01. The minimum atomic E-state index is -0.250. The van der Waals surface area contributed by atoms with Crippen LogP contribution in [-0.2, 0) is 9.47 Å². The molecule has 1 aromatic heterocycles. The summed E-state index contributed by atoms with van der Waals surface area (Å²) >= 11 is 7.47. The van der Waals surface area contributed by atoms with Gasteiger partial charge in [-0.2, -0.15) is 0 Å². The maximum Gasteiger partial charge on any atom is 0.185 e. The summed E-state index contributed by atoms with van der Waals surface area (Å²) < 4.78 is 12.6. The van der Waals surface area contributed by atoms with Crippen LogP contribution in [0, 0.1) is 0 Å². The Morgan fingerprint density at radius 1 is 1.38 bits per heavy atom. The number of benzene rings is 1. The van der Waals surface area contributed by atoms with Gasteiger partial charge in [-0.3, -0.25) is 0 Å². The Balaban J connectivity index is 1.95. The van der Waals surface area contributed by atoms with Crippen LogP contribution in [0.4, 0.5) is 0 Å². The van der Waals surface area contributed by atoms with Crippen LogP contribution in [0.5, 0.6) is 0 Å². The number of hydrogen-bond donors (Lipinski definition) is 0. The number of halogens is 1. The van der Waals surface area contributed by atoms with Gasteiger partial charge in [0.15, 0.2) is 6.29 Å². The second-order valence-electron chi connectivity index (χ2n) is 3.76. The molecule has 0 radical (unpaired) electrons. The molecule has 1 aromatic carbocycles. The van der Waals surface area contributed by atoms with Crippen LogP contribution in [0.25, 0.3) is 10.1 Å². The van der Waals surface area contributed by atoms with Crippen molar-refractivity contribution in [1.82, 2.24) is 0 Å². The van der Waals surface area contributed by atoms with Gasteiger partial charge < -0.3 is 9.47 Å². The third-order valence-electron chi connectivity index (χ3n) is 2.69. The van der Waals surface area contributed by atoms with E-state index in [9.17, 15) is 0 Å². The highest BCUT2D eigenvalue weighted by molar-refractivity contribution is 7.17. The fourth-order valence-electron chi connectivity index (χ4n) is 1.87. The molecule has 1 aliphatic rings. The Bertz CT molecular complexity index is 496. The van der Waals surface area contributed by atoms with E-state index in [4.69, 9.17) is 21.1 Å². The Morgan fingerprint density at radius 3 is 3.06 bits per heavy atom. The Labute approximate surface area is 103 Å². The molecule has 0 spiro atoms. The van der Waals surface area contributed by atoms with E-state index < -0.39 is 0 Å². The van der Waals surface area contributed by atoms with E-state index in [-0.39, 0.29) is 12.4 Å². The molecule has 3 rings (SSSR count). The van der Waals surface area contributed by atoms with Gasteiger partial charge in [0.2, 0.25) is 0 Å². The molecule has 2 nitrogen and oxygen atoms in total. The number of alkyl halides is 1. The summed E-state index contributed by atoms with van der Waals surface area (Å²) in [4.78, 5) is 0. The number of rotatable bonds is 2. The van der Waals surface area contributed by atoms with Crippen LogP contribution in [0.15, 0.2) is 29.6 Å². The zero-order chi connectivity index (χ0) is 11.0. The molecular formula is C12H11ClO2S. The van der Waals surface area contributed by atoms with Gasteiger partial charge in [-0.05, 0) is 6.07 Å². The summed E-state index contributed by atoms with van der Waals surface area (Å²) in [6.07, 6.45) is -0.231. The fourth-order valence-corrected chi connectivity index (χ4v) is 3.00. The molecule has 2 unspecified atom stereocenters. The largest absolute Gasteiger partial charge is 0.346 e. The normalized spacial score (nSPS) is 25.3. The van der Waals surface area contributed by atoms with Gasteiger partial charge in [0.25, 0.3) is 0 Å². The number of fused-ring (bicyclic) bond motifs is 1. The van der Waals surface area contributed by atoms with Gasteiger partial charge in [-0.1, -0.05) is 18.2 Å². The van der Waals surface area contributed by atoms with Gasteiger partial charge in [0.05, 0.1) is 18.6 Å². The average Bonchev–Trinajstić information content (AvgIpc) is 2.94. The van der Waals surface area contributed by atoms with Crippen LogP contribution < -0.4 is 0 Å². The molecule has 1 saturated heterocycles. The lowest BCUT2D eigenvalue weighted by molar-refractivity contribution is -0.0554. The monoisotopic (exact) mass is 254 g/mol. The van der Waals surface area contributed by atoms with Gasteiger partial charge in [-0.25, -0.2) is 0 Å². The lowest BCUT2D eigenvalue weighted by Crippen LogP contribution is -2.10. The SMILES string of the molecule is ClCC1COC(c2csc3ccccc23)O1. The van der Waals surface area contributed by atoms with Crippen LogP contribution in [0.1, 0.15) is 11.9 Å². The quantitative estimate of drug-likeness (QED) is 0.763. The number of hydrogen-bond acceptors (Lipinski definition) is 3. The van der Waals surface area contributed by atoms with E-state index in [0.717, 1.165) is 5.56 Å². The standard InChI is InChI=1S/C12H11ClO2S/c13-5-8-6-14-12(15-8)10-7-16-11-4-2-1-3-9(10)11/h1-4,7-8,12H,5-6H2. The minimum absolute atomic E-state index is 0.0188.